The van der Waals surface area contributed by atoms with E-state index in [-0.39, 0.29) is 12.1 Å². The van der Waals surface area contributed by atoms with Crippen LogP contribution in [0.25, 0.3) is 16.7 Å². The second kappa shape index (κ2) is 4.90. The second-order valence-corrected chi connectivity index (χ2v) is 4.83. The number of aliphatic carboxylic acids is 1. The molecule has 3 rings (SSSR count). The van der Waals surface area contributed by atoms with Crippen LogP contribution in [0.2, 0.25) is 0 Å². The Morgan fingerprint density at radius 1 is 1.24 bits per heavy atom. The zero-order valence-corrected chi connectivity index (χ0v) is 11.4. The molecule has 6 heteroatoms. The molecule has 0 unspecified atom stereocenters. The van der Waals surface area contributed by atoms with Crippen molar-refractivity contribution >= 4 is 17.0 Å². The van der Waals surface area contributed by atoms with Crippen LogP contribution in [-0.4, -0.2) is 25.2 Å². The zero-order valence-electron chi connectivity index (χ0n) is 11.4. The lowest BCUT2D eigenvalue weighted by Gasteiger charge is -2.07. The number of carboxylic acids is 1. The number of benzene rings is 1. The van der Waals surface area contributed by atoms with Gasteiger partial charge in [-0.2, -0.15) is 0 Å². The van der Waals surface area contributed by atoms with Gasteiger partial charge in [-0.05, 0) is 25.1 Å². The zero-order chi connectivity index (χ0) is 15.0. The summed E-state index contributed by atoms with van der Waals surface area (Å²) in [7, 11) is 0. The molecule has 2 heterocycles. The molecule has 0 aliphatic carbocycles. The van der Waals surface area contributed by atoms with Crippen molar-refractivity contribution in [3.05, 3.63) is 58.8 Å². The highest BCUT2D eigenvalue weighted by Crippen LogP contribution is 2.12. The number of carboxylic acid groups (broad SMARTS) is 1. The van der Waals surface area contributed by atoms with Crippen molar-refractivity contribution in [3.63, 3.8) is 0 Å². The van der Waals surface area contributed by atoms with Crippen LogP contribution >= 0.6 is 0 Å². The number of nitrogens with zero attached hydrogens (tertiary/aromatic N) is 3. The largest absolute Gasteiger partial charge is 0.480 e. The quantitative estimate of drug-likeness (QED) is 0.791. The summed E-state index contributed by atoms with van der Waals surface area (Å²) in [6.07, 6.45) is 3.02. The van der Waals surface area contributed by atoms with E-state index in [0.717, 1.165) is 11.3 Å². The van der Waals surface area contributed by atoms with E-state index in [1.807, 2.05) is 31.2 Å². The SMILES string of the molecule is Cc1ccc(-n2ccc3ncn(CC(=O)O)c3c2=O)cc1. The molecule has 2 aromatic heterocycles. The first-order chi connectivity index (χ1) is 10.1. The Morgan fingerprint density at radius 2 is 1.95 bits per heavy atom. The Kier molecular flexibility index (Phi) is 3.06. The first kappa shape index (κ1) is 13.1. The van der Waals surface area contributed by atoms with E-state index in [2.05, 4.69) is 4.98 Å². The predicted octanol–water partition coefficient (Wildman–Crippen LogP) is 1.58. The molecule has 0 saturated heterocycles. The van der Waals surface area contributed by atoms with Crippen LogP contribution in [0.4, 0.5) is 0 Å². The third-order valence-corrected chi connectivity index (χ3v) is 3.29. The summed E-state index contributed by atoms with van der Waals surface area (Å²) in [5.74, 6) is -1.01. The van der Waals surface area contributed by atoms with Gasteiger partial charge in [0.05, 0.1) is 11.8 Å². The number of hydrogen-bond acceptors (Lipinski definition) is 3. The summed E-state index contributed by atoms with van der Waals surface area (Å²) < 4.78 is 2.84. The van der Waals surface area contributed by atoms with E-state index in [1.54, 1.807) is 12.3 Å². The third-order valence-electron chi connectivity index (χ3n) is 3.29. The lowest BCUT2D eigenvalue weighted by Crippen LogP contribution is -2.21. The van der Waals surface area contributed by atoms with Crippen molar-refractivity contribution in [2.75, 3.05) is 0 Å². The van der Waals surface area contributed by atoms with E-state index >= 15 is 0 Å². The number of hydrogen-bond donors (Lipinski definition) is 1. The number of fused-ring (bicyclic) bond motifs is 1. The molecule has 0 bridgehead atoms. The fourth-order valence-electron chi connectivity index (χ4n) is 2.25. The van der Waals surface area contributed by atoms with Crippen molar-refractivity contribution in [1.29, 1.82) is 0 Å². The fourth-order valence-corrected chi connectivity index (χ4v) is 2.25. The molecule has 106 valence electrons. The molecule has 21 heavy (non-hydrogen) atoms. The van der Waals surface area contributed by atoms with Crippen LogP contribution in [0.5, 0.6) is 0 Å². The number of pyridine rings is 1. The average Bonchev–Trinajstić information content (AvgIpc) is 2.84. The molecule has 0 aliphatic rings. The van der Waals surface area contributed by atoms with Crippen LogP contribution < -0.4 is 5.56 Å². The van der Waals surface area contributed by atoms with Crippen molar-refractivity contribution in [1.82, 2.24) is 14.1 Å². The van der Waals surface area contributed by atoms with Gasteiger partial charge in [0.25, 0.3) is 5.56 Å². The van der Waals surface area contributed by atoms with Gasteiger partial charge in [-0.1, -0.05) is 17.7 Å². The minimum atomic E-state index is -1.01. The highest BCUT2D eigenvalue weighted by atomic mass is 16.4. The first-order valence-electron chi connectivity index (χ1n) is 6.41. The van der Waals surface area contributed by atoms with Gasteiger partial charge in [-0.25, -0.2) is 4.98 Å². The van der Waals surface area contributed by atoms with Gasteiger partial charge in [0.1, 0.15) is 12.1 Å². The monoisotopic (exact) mass is 283 g/mol. The van der Waals surface area contributed by atoms with Crippen LogP contribution in [-0.2, 0) is 11.3 Å². The third kappa shape index (κ3) is 2.31. The van der Waals surface area contributed by atoms with Crippen molar-refractivity contribution in [3.8, 4) is 5.69 Å². The van der Waals surface area contributed by atoms with Crippen LogP contribution in [0.3, 0.4) is 0 Å². The summed E-state index contributed by atoms with van der Waals surface area (Å²) in [5.41, 5.74) is 2.33. The van der Waals surface area contributed by atoms with Gasteiger partial charge in [0.15, 0.2) is 0 Å². The molecule has 0 fully saturated rings. The average molecular weight is 283 g/mol. The molecule has 0 saturated carbocycles. The van der Waals surface area contributed by atoms with Crippen molar-refractivity contribution < 1.29 is 9.90 Å². The first-order valence-corrected chi connectivity index (χ1v) is 6.41. The Bertz CT molecular complexity index is 875. The van der Waals surface area contributed by atoms with Crippen molar-refractivity contribution in [2.24, 2.45) is 0 Å². The summed E-state index contributed by atoms with van der Waals surface area (Å²) in [6.45, 7) is 1.68. The van der Waals surface area contributed by atoms with Crippen LogP contribution in [0.1, 0.15) is 5.56 Å². The second-order valence-electron chi connectivity index (χ2n) is 4.83. The van der Waals surface area contributed by atoms with E-state index in [1.165, 1.54) is 15.5 Å². The molecule has 0 amide bonds. The van der Waals surface area contributed by atoms with E-state index < -0.39 is 5.97 Å². The van der Waals surface area contributed by atoms with Gasteiger partial charge in [-0.3, -0.25) is 14.2 Å². The summed E-state index contributed by atoms with van der Waals surface area (Å²) in [4.78, 5) is 27.5. The molecule has 0 radical (unpaired) electrons. The number of aryl methyl sites for hydroxylation is 1. The van der Waals surface area contributed by atoms with E-state index in [0.29, 0.717) is 11.0 Å². The molecule has 1 aromatic carbocycles. The number of aromatic nitrogens is 3. The molecule has 0 spiro atoms. The highest BCUT2D eigenvalue weighted by molar-refractivity contribution is 5.77. The highest BCUT2D eigenvalue weighted by Gasteiger charge is 2.12. The predicted molar refractivity (Wildman–Crippen MR) is 77.7 cm³/mol. The molecule has 3 aromatic rings. The van der Waals surface area contributed by atoms with Gasteiger partial charge in [-0.15, -0.1) is 0 Å². The Morgan fingerprint density at radius 3 is 2.62 bits per heavy atom. The smallest absolute Gasteiger partial charge is 0.323 e. The topological polar surface area (TPSA) is 77.1 Å². The lowest BCUT2D eigenvalue weighted by molar-refractivity contribution is -0.137. The minimum absolute atomic E-state index is 0.282. The Hall–Kier alpha value is -2.89. The van der Waals surface area contributed by atoms with E-state index in [9.17, 15) is 9.59 Å². The van der Waals surface area contributed by atoms with Gasteiger partial charge in [0, 0.05) is 11.9 Å². The molecule has 0 aliphatic heterocycles. The number of imidazole rings is 1. The summed E-state index contributed by atoms with van der Waals surface area (Å²) in [6, 6.07) is 9.23. The maximum atomic E-state index is 12.6. The molecular weight excluding hydrogens is 270 g/mol. The molecular formula is C15H13N3O3. The summed E-state index contributed by atoms with van der Waals surface area (Å²) >= 11 is 0. The minimum Gasteiger partial charge on any atom is -0.480 e. The standard InChI is InChI=1S/C15H13N3O3/c1-10-2-4-11(5-3-10)18-7-6-12-14(15(18)21)17(9-16-12)8-13(19)20/h2-7,9H,8H2,1H3,(H,19,20). The van der Waals surface area contributed by atoms with Crippen molar-refractivity contribution in [2.45, 2.75) is 13.5 Å². The summed E-state index contributed by atoms with van der Waals surface area (Å²) in [5, 5.41) is 8.90. The number of carbonyl (C=O) groups is 1. The van der Waals surface area contributed by atoms with Gasteiger partial charge in [0.2, 0.25) is 0 Å². The molecule has 6 nitrogen and oxygen atoms in total. The van der Waals surface area contributed by atoms with Crippen LogP contribution in [0, 0.1) is 6.92 Å². The van der Waals surface area contributed by atoms with Gasteiger partial charge >= 0.3 is 5.97 Å². The molecule has 0 atom stereocenters. The maximum Gasteiger partial charge on any atom is 0.323 e. The Balaban J connectivity index is 2.21. The molecule has 1 N–H and O–H groups in total. The fraction of sp³-hybridized carbons (Fsp3) is 0.133. The number of rotatable bonds is 3. The van der Waals surface area contributed by atoms with E-state index in [4.69, 9.17) is 5.11 Å². The van der Waals surface area contributed by atoms with Crippen LogP contribution in [0.15, 0.2) is 47.7 Å². The van der Waals surface area contributed by atoms with Gasteiger partial charge < -0.3 is 9.67 Å². The normalized spacial score (nSPS) is 10.9. The maximum absolute atomic E-state index is 12.6. The Labute approximate surface area is 119 Å². The lowest BCUT2D eigenvalue weighted by atomic mass is 10.2.